The maximum absolute atomic E-state index is 12.5. The van der Waals surface area contributed by atoms with Gasteiger partial charge in [-0.1, -0.05) is 5.16 Å². The van der Waals surface area contributed by atoms with Crippen LogP contribution in [0.5, 0.6) is 0 Å². The molecule has 108 valence electrons. The molecule has 2 heterocycles. The van der Waals surface area contributed by atoms with Crippen LogP contribution in [0.1, 0.15) is 54.8 Å². The molecule has 2 atom stereocenters. The van der Waals surface area contributed by atoms with Gasteiger partial charge in [-0.15, -0.1) is 0 Å². The Morgan fingerprint density at radius 3 is 2.75 bits per heavy atom. The van der Waals surface area contributed by atoms with Gasteiger partial charge in [0.2, 0.25) is 5.91 Å². The lowest BCUT2D eigenvalue weighted by Gasteiger charge is -2.36. The molecule has 1 aromatic heterocycles. The van der Waals surface area contributed by atoms with Crippen molar-refractivity contribution in [3.8, 4) is 0 Å². The molecule has 1 saturated carbocycles. The Kier molecular flexibility index (Phi) is 3.23. The average molecular weight is 277 g/mol. The van der Waals surface area contributed by atoms with E-state index in [1.54, 1.807) is 11.0 Å². The minimum Gasteiger partial charge on any atom is -0.369 e. The van der Waals surface area contributed by atoms with Crippen LogP contribution in [-0.2, 0) is 4.79 Å². The Balaban J connectivity index is 1.74. The number of amides is 2. The van der Waals surface area contributed by atoms with E-state index >= 15 is 0 Å². The van der Waals surface area contributed by atoms with Crippen molar-refractivity contribution in [2.75, 3.05) is 6.54 Å². The number of piperidine rings is 1. The maximum atomic E-state index is 12.5. The van der Waals surface area contributed by atoms with Gasteiger partial charge in [-0.2, -0.15) is 0 Å². The third-order valence-electron chi connectivity index (χ3n) is 4.27. The van der Waals surface area contributed by atoms with E-state index in [-0.39, 0.29) is 23.8 Å². The third-order valence-corrected chi connectivity index (χ3v) is 4.27. The van der Waals surface area contributed by atoms with Gasteiger partial charge < -0.3 is 15.2 Å². The van der Waals surface area contributed by atoms with E-state index in [1.807, 2.05) is 6.92 Å². The molecule has 1 aromatic rings. The summed E-state index contributed by atoms with van der Waals surface area (Å²) in [6, 6.07) is 1.83. The predicted molar refractivity (Wildman–Crippen MR) is 70.9 cm³/mol. The van der Waals surface area contributed by atoms with Crippen LogP contribution >= 0.6 is 0 Å². The normalized spacial score (nSPS) is 26.6. The molecule has 20 heavy (non-hydrogen) atoms. The van der Waals surface area contributed by atoms with Crippen LogP contribution in [0.4, 0.5) is 0 Å². The number of rotatable bonds is 3. The molecule has 2 amide bonds. The summed E-state index contributed by atoms with van der Waals surface area (Å²) in [5, 5.41) is 3.87. The van der Waals surface area contributed by atoms with Crippen molar-refractivity contribution in [3.05, 3.63) is 17.5 Å². The topological polar surface area (TPSA) is 89.4 Å². The van der Waals surface area contributed by atoms with Crippen molar-refractivity contribution >= 4 is 11.8 Å². The van der Waals surface area contributed by atoms with Gasteiger partial charge >= 0.3 is 0 Å². The first-order chi connectivity index (χ1) is 9.56. The number of primary amides is 1. The molecular weight excluding hydrogens is 258 g/mol. The first kappa shape index (κ1) is 13.1. The van der Waals surface area contributed by atoms with Gasteiger partial charge in [-0.05, 0) is 32.6 Å². The highest BCUT2D eigenvalue weighted by Crippen LogP contribution is 2.40. The van der Waals surface area contributed by atoms with Crippen LogP contribution in [0.2, 0.25) is 0 Å². The molecule has 6 heteroatoms. The van der Waals surface area contributed by atoms with Crippen molar-refractivity contribution in [1.29, 1.82) is 0 Å². The second-order valence-electron chi connectivity index (χ2n) is 5.87. The standard InChI is InChI=1S/C14H19N3O3/c1-8-2-3-10(13(15)18)7-17(8)14(19)11-6-12(20-16-11)9-4-5-9/h6,8-10H,2-5,7H2,1H3,(H2,15,18)/t8-,10+/m1/s1. The zero-order valence-electron chi connectivity index (χ0n) is 11.5. The zero-order chi connectivity index (χ0) is 14.3. The highest BCUT2D eigenvalue weighted by atomic mass is 16.5. The third kappa shape index (κ3) is 2.42. The molecule has 1 saturated heterocycles. The van der Waals surface area contributed by atoms with Crippen LogP contribution in [0.15, 0.2) is 10.6 Å². The van der Waals surface area contributed by atoms with Crippen LogP contribution in [0, 0.1) is 5.92 Å². The van der Waals surface area contributed by atoms with Crippen LogP contribution in [0.3, 0.4) is 0 Å². The summed E-state index contributed by atoms with van der Waals surface area (Å²) in [4.78, 5) is 25.5. The van der Waals surface area contributed by atoms with Gasteiger partial charge in [0.1, 0.15) is 5.76 Å². The zero-order valence-corrected chi connectivity index (χ0v) is 11.5. The molecule has 0 unspecified atom stereocenters. The van der Waals surface area contributed by atoms with E-state index in [1.165, 1.54) is 0 Å². The molecule has 2 fully saturated rings. The first-order valence-corrected chi connectivity index (χ1v) is 7.13. The summed E-state index contributed by atoms with van der Waals surface area (Å²) >= 11 is 0. The van der Waals surface area contributed by atoms with Crippen LogP contribution in [0.25, 0.3) is 0 Å². The van der Waals surface area contributed by atoms with Crippen LogP contribution < -0.4 is 5.73 Å². The van der Waals surface area contributed by atoms with Crippen molar-refractivity contribution in [2.45, 2.75) is 44.6 Å². The van der Waals surface area contributed by atoms with E-state index in [2.05, 4.69) is 5.16 Å². The lowest BCUT2D eigenvalue weighted by atomic mass is 9.92. The van der Waals surface area contributed by atoms with E-state index in [0.717, 1.165) is 31.4 Å². The Bertz CT molecular complexity index is 536. The predicted octanol–water partition coefficient (Wildman–Crippen LogP) is 1.28. The highest BCUT2D eigenvalue weighted by Gasteiger charge is 2.34. The first-order valence-electron chi connectivity index (χ1n) is 7.13. The second kappa shape index (κ2) is 4.92. The van der Waals surface area contributed by atoms with Crippen molar-refractivity contribution in [1.82, 2.24) is 10.1 Å². The lowest BCUT2D eigenvalue weighted by molar-refractivity contribution is -0.123. The minimum absolute atomic E-state index is 0.0965. The number of nitrogens with zero attached hydrogens (tertiary/aromatic N) is 2. The molecule has 1 aliphatic carbocycles. The van der Waals surface area contributed by atoms with Crippen LogP contribution in [-0.4, -0.2) is 34.5 Å². The van der Waals surface area contributed by atoms with E-state index in [0.29, 0.717) is 18.2 Å². The Morgan fingerprint density at radius 1 is 1.35 bits per heavy atom. The fourth-order valence-electron chi connectivity index (χ4n) is 2.72. The number of aromatic nitrogens is 1. The molecule has 0 aromatic carbocycles. The number of hydrogen-bond donors (Lipinski definition) is 1. The molecule has 2 aliphatic rings. The van der Waals surface area contributed by atoms with E-state index in [4.69, 9.17) is 10.3 Å². The van der Waals surface area contributed by atoms with Gasteiger partial charge in [-0.25, -0.2) is 0 Å². The molecular formula is C14H19N3O3. The summed E-state index contributed by atoms with van der Waals surface area (Å²) < 4.78 is 5.22. The Labute approximate surface area is 117 Å². The number of likely N-dealkylation sites (tertiary alicyclic amines) is 1. The fourth-order valence-corrected chi connectivity index (χ4v) is 2.72. The molecule has 6 nitrogen and oxygen atoms in total. The minimum atomic E-state index is -0.339. The summed E-state index contributed by atoms with van der Waals surface area (Å²) in [5.74, 6) is 0.461. The number of hydrogen-bond acceptors (Lipinski definition) is 4. The molecule has 1 aliphatic heterocycles. The monoisotopic (exact) mass is 277 g/mol. The summed E-state index contributed by atoms with van der Waals surface area (Å²) in [5.41, 5.74) is 5.69. The lowest BCUT2D eigenvalue weighted by Crippen LogP contribution is -2.48. The van der Waals surface area contributed by atoms with Crippen molar-refractivity contribution in [2.24, 2.45) is 11.7 Å². The molecule has 2 N–H and O–H groups in total. The second-order valence-corrected chi connectivity index (χ2v) is 5.87. The number of nitrogens with two attached hydrogens (primary N) is 1. The number of carbonyl (C=O) groups excluding carboxylic acids is 2. The van der Waals surface area contributed by atoms with Gasteiger partial charge in [-0.3, -0.25) is 9.59 Å². The summed E-state index contributed by atoms with van der Waals surface area (Å²) in [7, 11) is 0. The van der Waals surface area contributed by atoms with Gasteiger partial charge in [0.05, 0.1) is 5.92 Å². The maximum Gasteiger partial charge on any atom is 0.276 e. The number of carbonyl (C=O) groups is 2. The average Bonchev–Trinajstić information content (AvgIpc) is 3.16. The SMILES string of the molecule is C[C@@H]1CC[C@H](C(N)=O)CN1C(=O)c1cc(C2CC2)on1. The Morgan fingerprint density at radius 2 is 2.10 bits per heavy atom. The molecule has 0 radical (unpaired) electrons. The molecule has 0 spiro atoms. The molecule has 0 bridgehead atoms. The van der Waals surface area contributed by atoms with E-state index < -0.39 is 0 Å². The highest BCUT2D eigenvalue weighted by molar-refractivity contribution is 5.93. The smallest absolute Gasteiger partial charge is 0.276 e. The Hall–Kier alpha value is -1.85. The fraction of sp³-hybridized carbons (Fsp3) is 0.643. The van der Waals surface area contributed by atoms with Gasteiger partial charge in [0, 0.05) is 24.6 Å². The largest absolute Gasteiger partial charge is 0.369 e. The van der Waals surface area contributed by atoms with Gasteiger partial charge in [0.15, 0.2) is 5.69 Å². The summed E-state index contributed by atoms with van der Waals surface area (Å²) in [6.45, 7) is 2.36. The quantitative estimate of drug-likeness (QED) is 0.901. The summed E-state index contributed by atoms with van der Waals surface area (Å²) in [6.07, 6.45) is 3.73. The van der Waals surface area contributed by atoms with Gasteiger partial charge in [0.25, 0.3) is 5.91 Å². The van der Waals surface area contributed by atoms with Crippen molar-refractivity contribution in [3.63, 3.8) is 0 Å². The van der Waals surface area contributed by atoms with E-state index in [9.17, 15) is 9.59 Å². The van der Waals surface area contributed by atoms with Crippen molar-refractivity contribution < 1.29 is 14.1 Å². The molecule has 3 rings (SSSR count).